The molecule has 0 saturated carbocycles. The van der Waals surface area contributed by atoms with Crippen LogP contribution < -0.4 is 21.9 Å². The summed E-state index contributed by atoms with van der Waals surface area (Å²) in [5, 5.41) is 8.16. The molecule has 0 fully saturated rings. The molecular weight excluding hydrogens is 703 g/mol. The van der Waals surface area contributed by atoms with Gasteiger partial charge in [-0.15, -0.1) is 21.9 Å². The third kappa shape index (κ3) is 5.91. The van der Waals surface area contributed by atoms with E-state index in [1.807, 2.05) is 18.2 Å². The monoisotopic (exact) mass is 712 g/mol. The van der Waals surface area contributed by atoms with Gasteiger partial charge >= 0.3 is 5.69 Å². The Bertz CT molecular complexity index is 1910. The Morgan fingerprint density at radius 3 is 0.796 bits per heavy atom. The smallest absolute Gasteiger partial charge is 0.210 e. The highest BCUT2D eigenvalue weighted by Gasteiger charge is 2.49. The molecule has 0 unspecified atom stereocenters. The highest BCUT2D eigenvalue weighted by atomic mass is 19.2. The molecule has 0 radical (unpaired) electrons. The summed E-state index contributed by atoms with van der Waals surface area (Å²) < 4.78 is 235. The number of halogens is 16. The van der Waals surface area contributed by atoms with Gasteiger partial charge in [0.15, 0.2) is 51.5 Å². The lowest BCUT2D eigenvalue weighted by Crippen LogP contribution is -2.80. The van der Waals surface area contributed by atoms with Crippen LogP contribution in [0.2, 0.25) is 0 Å². The average Bonchev–Trinajstić information content (AvgIpc) is 3.04. The predicted molar refractivity (Wildman–Crippen MR) is 141 cm³/mol. The number of hydrogen-bond donors (Lipinski definition) is 0. The highest BCUT2D eigenvalue weighted by molar-refractivity contribution is 7.20. The maximum Gasteiger partial charge on any atom is 0.385 e. The van der Waals surface area contributed by atoms with Gasteiger partial charge < -0.3 is 0 Å². The molecule has 5 aromatic carbocycles. The topological polar surface area (TPSA) is 28.1 Å². The largest absolute Gasteiger partial charge is 0.385 e. The van der Waals surface area contributed by atoms with Crippen LogP contribution in [0, 0.1) is 98.5 Å². The molecule has 0 atom stereocenters. The second kappa shape index (κ2) is 13.5. The fraction of sp³-hybridized carbons (Fsp3) is 0. The number of rotatable bonds is 4. The Labute approximate surface area is 262 Å². The van der Waals surface area contributed by atoms with E-state index < -0.39 is 145 Å². The quantitative estimate of drug-likeness (QED) is 0.0626. The van der Waals surface area contributed by atoms with E-state index in [1.54, 1.807) is 12.1 Å². The van der Waals surface area contributed by atoms with Crippen LogP contribution >= 0.6 is 0 Å². The van der Waals surface area contributed by atoms with Gasteiger partial charge in [0.1, 0.15) is 29.4 Å². The van der Waals surface area contributed by atoms with Crippen molar-refractivity contribution in [3.05, 3.63) is 153 Å². The molecule has 0 aliphatic carbocycles. The molecule has 0 heterocycles. The lowest BCUT2D eigenvalue weighted by atomic mass is 9.12. The van der Waals surface area contributed by atoms with E-state index >= 15 is 35.1 Å². The van der Waals surface area contributed by atoms with Gasteiger partial charge in [0.2, 0.25) is 5.39 Å². The molecule has 0 spiro atoms. The maximum absolute atomic E-state index is 15.3. The Kier molecular flexibility index (Phi) is 10.0. The first kappa shape index (κ1) is 36.3. The van der Waals surface area contributed by atoms with Gasteiger partial charge in [-0.25, -0.2) is 70.2 Å². The zero-order valence-corrected chi connectivity index (χ0v) is 23.2. The van der Waals surface area contributed by atoms with Gasteiger partial charge in [0.05, 0.1) is 23.3 Å². The van der Waals surface area contributed by atoms with Gasteiger partial charge in [0, 0.05) is 36.4 Å². The summed E-state index contributed by atoms with van der Waals surface area (Å²) in [6, 6.07) is 6.02. The van der Waals surface area contributed by atoms with Crippen LogP contribution in [0.15, 0.2) is 54.6 Å². The second-order valence-electron chi connectivity index (χ2n) is 9.83. The van der Waals surface area contributed by atoms with Gasteiger partial charge in [0.25, 0.3) is 0 Å². The van der Waals surface area contributed by atoms with Crippen molar-refractivity contribution in [3.8, 4) is 0 Å². The molecule has 5 aromatic rings. The van der Waals surface area contributed by atoms with Gasteiger partial charge in [-0.2, -0.15) is 0 Å². The van der Waals surface area contributed by atoms with Crippen molar-refractivity contribution in [1.82, 2.24) is 0 Å². The van der Waals surface area contributed by atoms with E-state index in [1.165, 1.54) is 0 Å². The Morgan fingerprint density at radius 1 is 0.347 bits per heavy atom. The Balaban J connectivity index is 0.000000592. The average molecular weight is 712 g/mol. The number of hydrogen-bond acceptors (Lipinski definition) is 1. The maximum atomic E-state index is 15.3. The Morgan fingerprint density at radius 2 is 0.592 bits per heavy atom. The van der Waals surface area contributed by atoms with E-state index in [0.717, 1.165) is 0 Å². The molecule has 0 aromatic heterocycles. The minimum Gasteiger partial charge on any atom is -0.210 e. The molecular formula is C30H9BF16N2. The zero-order chi connectivity index (χ0) is 36.7. The third-order valence-corrected chi connectivity index (χ3v) is 7.20. The molecule has 0 amide bonds. The molecule has 0 bridgehead atoms. The first-order valence-corrected chi connectivity index (χ1v) is 12.8. The molecule has 0 aliphatic rings. The minimum atomic E-state index is -6.18. The van der Waals surface area contributed by atoms with Gasteiger partial charge in [-0.05, 0) is 0 Å². The summed E-state index contributed by atoms with van der Waals surface area (Å²) in [5.41, 5.74) is -10.4. The van der Waals surface area contributed by atoms with Crippen molar-refractivity contribution in [1.29, 1.82) is 5.39 Å². The normalized spacial score (nSPS) is 11.2. The molecule has 19 heteroatoms. The van der Waals surface area contributed by atoms with E-state index in [0.29, 0.717) is 5.69 Å². The van der Waals surface area contributed by atoms with Crippen LogP contribution in [0.25, 0.3) is 4.98 Å². The van der Waals surface area contributed by atoms with Crippen molar-refractivity contribution in [2.45, 2.75) is 0 Å². The number of nitrogens with zero attached hydrogens (tertiary/aromatic N) is 2. The zero-order valence-electron chi connectivity index (χ0n) is 23.2. The van der Waals surface area contributed by atoms with Crippen molar-refractivity contribution < 1.29 is 70.2 Å². The van der Waals surface area contributed by atoms with Crippen molar-refractivity contribution >= 4 is 33.7 Å². The molecule has 2 nitrogen and oxygen atoms in total. The second-order valence-corrected chi connectivity index (χ2v) is 9.83. The summed E-state index contributed by atoms with van der Waals surface area (Å²) in [6.45, 7) is 0. The van der Waals surface area contributed by atoms with Gasteiger partial charge in [-0.3, -0.25) is 0 Å². The summed E-state index contributed by atoms with van der Waals surface area (Å²) >= 11 is 0. The van der Waals surface area contributed by atoms with Crippen molar-refractivity contribution in [3.63, 3.8) is 0 Å². The van der Waals surface area contributed by atoms with Crippen LogP contribution in [0.3, 0.4) is 0 Å². The first-order valence-electron chi connectivity index (χ1n) is 12.8. The lowest BCUT2D eigenvalue weighted by Gasteiger charge is -2.44. The van der Waals surface area contributed by atoms with Crippen LogP contribution in [-0.2, 0) is 0 Å². The van der Waals surface area contributed by atoms with Crippen LogP contribution in [0.5, 0.6) is 0 Å². The van der Waals surface area contributed by atoms with Crippen LogP contribution in [0.4, 0.5) is 75.9 Å². The molecule has 0 aliphatic heterocycles. The number of benzene rings is 5. The molecule has 5 rings (SSSR count). The molecule has 0 saturated heterocycles. The van der Waals surface area contributed by atoms with Crippen LogP contribution in [-0.4, -0.2) is 6.15 Å². The van der Waals surface area contributed by atoms with E-state index in [-0.39, 0.29) is 0 Å². The molecule has 49 heavy (non-hydrogen) atoms. The van der Waals surface area contributed by atoms with E-state index in [2.05, 4.69) is 4.98 Å². The third-order valence-electron chi connectivity index (χ3n) is 7.20. The molecule has 254 valence electrons. The highest BCUT2D eigenvalue weighted by Crippen LogP contribution is 2.27. The summed E-state index contributed by atoms with van der Waals surface area (Å²) in [6.07, 6.45) is -6.18. The SMILES string of the molecule is Fc1cc(F)c([B-](c2c(F)cc(F)c(F)c2F)(c2c(F)cc(F)c(F)c2F)c2c(F)cc(F)c(F)c2F)c(F)c1F.N#[N+]c1ccccc1. The first-order chi connectivity index (χ1) is 22.9. The van der Waals surface area contributed by atoms with E-state index in [4.69, 9.17) is 5.39 Å². The fourth-order valence-corrected chi connectivity index (χ4v) is 5.27. The summed E-state index contributed by atoms with van der Waals surface area (Å²) in [4.78, 5) is 2.97. The van der Waals surface area contributed by atoms with E-state index in [9.17, 15) is 35.1 Å². The van der Waals surface area contributed by atoms with Gasteiger partial charge in [-0.1, -0.05) is 18.2 Å². The minimum absolute atomic E-state index is 0.590. The summed E-state index contributed by atoms with van der Waals surface area (Å²) in [5.74, 6) is -45.1. The standard InChI is InChI=1S/C24H4BF16.C6H5N2/c26-5-1-9(30)17(34)21(38)13(5)25(14-6(27)2-10(31)18(35)22(14)39,15-7(28)3-11(32)19(36)23(15)40)16-8(29)4-12(33)20(37)24(16)41;7-8-6-4-2-1-3-5-6/h1-4H;1-5H/q-1;+1. The molecule has 0 N–H and O–H groups in total. The Hall–Kier alpha value is -5.54. The summed E-state index contributed by atoms with van der Waals surface area (Å²) in [7, 11) is 0. The van der Waals surface area contributed by atoms with Crippen molar-refractivity contribution in [2.75, 3.05) is 0 Å². The lowest BCUT2D eigenvalue weighted by molar-refractivity contribution is 0.434. The van der Waals surface area contributed by atoms with Crippen LogP contribution in [0.1, 0.15) is 0 Å². The predicted octanol–water partition coefficient (Wildman–Crippen LogP) is 7.46. The number of diazo groups is 1. The fourth-order valence-electron chi connectivity index (χ4n) is 5.27. The van der Waals surface area contributed by atoms with Crippen molar-refractivity contribution in [2.24, 2.45) is 0 Å².